The van der Waals surface area contributed by atoms with Gasteiger partial charge in [-0.15, -0.1) is 0 Å². The normalized spacial score (nSPS) is 16.9. The molecule has 0 aromatic rings. The quantitative estimate of drug-likeness (QED) is 0.549. The summed E-state index contributed by atoms with van der Waals surface area (Å²) >= 11 is 0. The number of piperazine rings is 1. The van der Waals surface area contributed by atoms with Gasteiger partial charge in [0.25, 0.3) is 0 Å². The summed E-state index contributed by atoms with van der Waals surface area (Å²) in [5.41, 5.74) is 0. The van der Waals surface area contributed by atoms with Gasteiger partial charge < -0.3 is 14.3 Å². The highest BCUT2D eigenvalue weighted by atomic mass is 16.5. The molecule has 1 saturated heterocycles. The SMILES string of the molecule is COCCN1CCN(CCOC(=O)CCCC(C)=O)CC1. The molecule has 6 heteroatoms. The molecule has 0 aromatic carbocycles. The third kappa shape index (κ3) is 8.80. The van der Waals surface area contributed by atoms with Gasteiger partial charge in [0.2, 0.25) is 0 Å². The Labute approximate surface area is 127 Å². The van der Waals surface area contributed by atoms with E-state index in [-0.39, 0.29) is 11.8 Å². The number of nitrogens with zero attached hydrogens (tertiary/aromatic N) is 2. The summed E-state index contributed by atoms with van der Waals surface area (Å²) < 4.78 is 10.3. The van der Waals surface area contributed by atoms with E-state index in [1.807, 2.05) is 0 Å². The van der Waals surface area contributed by atoms with Crippen molar-refractivity contribution in [1.82, 2.24) is 9.80 Å². The number of Topliss-reactive ketones (excluding diaryl/α,β-unsaturated/α-hetero) is 1. The van der Waals surface area contributed by atoms with Gasteiger partial charge in [-0.05, 0) is 13.3 Å². The number of rotatable bonds is 10. The van der Waals surface area contributed by atoms with Crippen molar-refractivity contribution in [2.75, 3.05) is 59.6 Å². The molecule has 1 fully saturated rings. The van der Waals surface area contributed by atoms with Crippen molar-refractivity contribution in [2.24, 2.45) is 0 Å². The number of hydrogen-bond acceptors (Lipinski definition) is 6. The lowest BCUT2D eigenvalue weighted by Crippen LogP contribution is -2.48. The lowest BCUT2D eigenvalue weighted by atomic mass is 10.2. The number of methoxy groups -OCH3 is 1. The summed E-state index contributed by atoms with van der Waals surface area (Å²) in [7, 11) is 1.72. The zero-order valence-electron chi connectivity index (χ0n) is 13.3. The van der Waals surface area contributed by atoms with E-state index in [4.69, 9.17) is 9.47 Å². The highest BCUT2D eigenvalue weighted by molar-refractivity contribution is 5.76. The summed E-state index contributed by atoms with van der Waals surface area (Å²) in [5.74, 6) is -0.0795. The first-order valence-corrected chi connectivity index (χ1v) is 7.70. The minimum atomic E-state index is -0.199. The van der Waals surface area contributed by atoms with Gasteiger partial charge in [0.15, 0.2) is 0 Å². The molecule has 0 aromatic heterocycles. The lowest BCUT2D eigenvalue weighted by molar-refractivity contribution is -0.144. The molecule has 0 N–H and O–H groups in total. The Balaban J connectivity index is 2.01. The molecular weight excluding hydrogens is 272 g/mol. The number of ether oxygens (including phenoxy) is 2. The fourth-order valence-corrected chi connectivity index (χ4v) is 2.30. The van der Waals surface area contributed by atoms with Crippen LogP contribution in [-0.2, 0) is 19.1 Å². The van der Waals surface area contributed by atoms with Gasteiger partial charge in [-0.2, -0.15) is 0 Å². The second-order valence-electron chi connectivity index (χ2n) is 5.45. The molecule has 0 spiro atoms. The summed E-state index contributed by atoms with van der Waals surface area (Å²) in [6, 6.07) is 0. The van der Waals surface area contributed by atoms with Crippen LogP contribution in [0.3, 0.4) is 0 Å². The van der Waals surface area contributed by atoms with Crippen LogP contribution in [-0.4, -0.2) is 81.1 Å². The Hall–Kier alpha value is -0.980. The number of carbonyl (C=O) groups excluding carboxylic acids is 2. The van der Waals surface area contributed by atoms with Gasteiger partial charge >= 0.3 is 5.97 Å². The Bertz CT molecular complexity index is 315. The molecule has 0 radical (unpaired) electrons. The maximum Gasteiger partial charge on any atom is 0.305 e. The van der Waals surface area contributed by atoms with Crippen LogP contribution in [0, 0.1) is 0 Å². The van der Waals surface area contributed by atoms with E-state index in [2.05, 4.69) is 9.80 Å². The number of carbonyl (C=O) groups is 2. The van der Waals surface area contributed by atoms with Gasteiger partial charge in [-0.25, -0.2) is 0 Å². The number of hydrogen-bond donors (Lipinski definition) is 0. The van der Waals surface area contributed by atoms with Gasteiger partial charge in [-0.3, -0.25) is 14.6 Å². The molecule has 0 bridgehead atoms. The predicted octanol–water partition coefficient (Wildman–Crippen LogP) is 0.553. The van der Waals surface area contributed by atoms with E-state index < -0.39 is 0 Å². The van der Waals surface area contributed by atoms with Crippen LogP contribution >= 0.6 is 0 Å². The maximum absolute atomic E-state index is 11.5. The molecule has 6 nitrogen and oxygen atoms in total. The molecule has 0 aliphatic carbocycles. The average molecular weight is 300 g/mol. The first-order chi connectivity index (χ1) is 10.1. The van der Waals surface area contributed by atoms with Crippen molar-refractivity contribution in [2.45, 2.75) is 26.2 Å². The van der Waals surface area contributed by atoms with Gasteiger partial charge in [0.05, 0.1) is 6.61 Å². The van der Waals surface area contributed by atoms with E-state index >= 15 is 0 Å². The van der Waals surface area contributed by atoms with Crippen molar-refractivity contribution in [1.29, 1.82) is 0 Å². The number of ketones is 1. The zero-order chi connectivity index (χ0) is 15.5. The Morgan fingerprint density at radius 2 is 1.52 bits per heavy atom. The van der Waals surface area contributed by atoms with E-state index in [1.54, 1.807) is 7.11 Å². The van der Waals surface area contributed by atoms with Crippen molar-refractivity contribution in [3.63, 3.8) is 0 Å². The van der Waals surface area contributed by atoms with Crippen molar-refractivity contribution < 1.29 is 19.1 Å². The molecular formula is C15H28N2O4. The molecule has 1 heterocycles. The first-order valence-electron chi connectivity index (χ1n) is 7.70. The van der Waals surface area contributed by atoms with E-state index in [0.717, 1.165) is 45.9 Å². The van der Waals surface area contributed by atoms with Crippen LogP contribution in [0.15, 0.2) is 0 Å². The van der Waals surface area contributed by atoms with Crippen LogP contribution in [0.1, 0.15) is 26.2 Å². The van der Waals surface area contributed by atoms with E-state index in [1.165, 1.54) is 6.92 Å². The monoisotopic (exact) mass is 300 g/mol. The van der Waals surface area contributed by atoms with Crippen LogP contribution < -0.4 is 0 Å². The minimum absolute atomic E-state index is 0.120. The Morgan fingerprint density at radius 1 is 0.952 bits per heavy atom. The van der Waals surface area contributed by atoms with Gasteiger partial charge in [-0.1, -0.05) is 0 Å². The van der Waals surface area contributed by atoms with E-state index in [0.29, 0.717) is 25.9 Å². The van der Waals surface area contributed by atoms with E-state index in [9.17, 15) is 9.59 Å². The molecule has 0 saturated carbocycles. The van der Waals surface area contributed by atoms with Crippen molar-refractivity contribution >= 4 is 11.8 Å². The van der Waals surface area contributed by atoms with Crippen molar-refractivity contribution in [3.8, 4) is 0 Å². The highest BCUT2D eigenvalue weighted by Gasteiger charge is 2.16. The summed E-state index contributed by atoms with van der Waals surface area (Å²) in [6.07, 6.45) is 1.38. The van der Waals surface area contributed by atoms with Crippen molar-refractivity contribution in [3.05, 3.63) is 0 Å². The van der Waals surface area contributed by atoms with Crippen LogP contribution in [0.2, 0.25) is 0 Å². The van der Waals surface area contributed by atoms with Crippen LogP contribution in [0.4, 0.5) is 0 Å². The molecule has 0 unspecified atom stereocenters. The Morgan fingerprint density at radius 3 is 2.05 bits per heavy atom. The molecule has 0 amide bonds. The summed E-state index contributed by atoms with van der Waals surface area (Å²) in [6.45, 7) is 8.61. The zero-order valence-corrected chi connectivity index (χ0v) is 13.3. The molecule has 1 aliphatic heterocycles. The summed E-state index contributed by atoms with van der Waals surface area (Å²) in [4.78, 5) is 26.9. The lowest BCUT2D eigenvalue weighted by Gasteiger charge is -2.34. The molecule has 1 rings (SSSR count). The minimum Gasteiger partial charge on any atom is -0.464 e. The molecule has 21 heavy (non-hydrogen) atoms. The second kappa shape index (κ2) is 10.7. The van der Waals surface area contributed by atoms with Crippen LogP contribution in [0.25, 0.3) is 0 Å². The Kier molecular flexibility index (Phi) is 9.21. The topological polar surface area (TPSA) is 59.1 Å². The van der Waals surface area contributed by atoms with Gasteiger partial charge in [0, 0.05) is 59.2 Å². The fourth-order valence-electron chi connectivity index (χ4n) is 2.30. The molecule has 122 valence electrons. The largest absolute Gasteiger partial charge is 0.464 e. The van der Waals surface area contributed by atoms with Gasteiger partial charge in [0.1, 0.15) is 12.4 Å². The maximum atomic E-state index is 11.5. The standard InChI is InChI=1S/C15H28N2O4/c1-14(18)4-3-5-15(19)21-13-11-17-8-6-16(7-9-17)10-12-20-2/h3-13H2,1-2H3. The molecule has 1 aliphatic rings. The average Bonchev–Trinajstić information content (AvgIpc) is 2.46. The molecule has 0 atom stereocenters. The number of esters is 1. The summed E-state index contributed by atoms with van der Waals surface area (Å²) in [5, 5.41) is 0. The van der Waals surface area contributed by atoms with Crippen LogP contribution in [0.5, 0.6) is 0 Å². The third-order valence-electron chi connectivity index (χ3n) is 3.66. The first kappa shape index (κ1) is 18.1. The fraction of sp³-hybridized carbons (Fsp3) is 0.867. The smallest absolute Gasteiger partial charge is 0.305 e. The predicted molar refractivity (Wildman–Crippen MR) is 80.2 cm³/mol. The highest BCUT2D eigenvalue weighted by Crippen LogP contribution is 2.02. The second-order valence-corrected chi connectivity index (χ2v) is 5.45. The third-order valence-corrected chi connectivity index (χ3v) is 3.66.